The van der Waals surface area contributed by atoms with Crippen molar-refractivity contribution in [3.8, 4) is 0 Å². The van der Waals surface area contributed by atoms with E-state index in [-0.39, 0.29) is 17.4 Å². The Bertz CT molecular complexity index is 365. The number of rotatable bonds is 7. The van der Waals surface area contributed by atoms with E-state index in [1.165, 1.54) is 12.8 Å². The summed E-state index contributed by atoms with van der Waals surface area (Å²) in [7, 11) is 0. The summed E-state index contributed by atoms with van der Waals surface area (Å²) in [5.41, 5.74) is 5.47. The van der Waals surface area contributed by atoms with Crippen LogP contribution in [0.15, 0.2) is 0 Å². The van der Waals surface area contributed by atoms with Gasteiger partial charge in [0, 0.05) is 31.5 Å². The zero-order valence-corrected chi connectivity index (χ0v) is 13.4. The molecule has 0 aromatic heterocycles. The van der Waals surface area contributed by atoms with Gasteiger partial charge in [-0.05, 0) is 32.1 Å². The molecule has 0 aromatic rings. The summed E-state index contributed by atoms with van der Waals surface area (Å²) in [6.45, 7) is 10.6. The molecule has 116 valence electrons. The van der Waals surface area contributed by atoms with Gasteiger partial charge in [-0.25, -0.2) is 0 Å². The van der Waals surface area contributed by atoms with E-state index in [0.29, 0.717) is 18.9 Å². The Morgan fingerprint density at radius 1 is 1.35 bits per heavy atom. The zero-order valence-electron chi connectivity index (χ0n) is 13.4. The van der Waals surface area contributed by atoms with Crippen LogP contribution < -0.4 is 5.73 Å². The molecule has 0 heterocycles. The van der Waals surface area contributed by atoms with Gasteiger partial charge in [0.25, 0.3) is 0 Å². The van der Waals surface area contributed by atoms with Gasteiger partial charge in [0.1, 0.15) is 5.54 Å². The maximum absolute atomic E-state index is 12.9. The van der Waals surface area contributed by atoms with Gasteiger partial charge in [0.05, 0.1) is 6.10 Å². The van der Waals surface area contributed by atoms with Crippen molar-refractivity contribution in [2.45, 2.75) is 65.0 Å². The van der Waals surface area contributed by atoms with Crippen LogP contribution in [0.3, 0.4) is 0 Å². The van der Waals surface area contributed by atoms with E-state index in [4.69, 9.17) is 10.5 Å². The molecule has 2 unspecified atom stereocenters. The number of nitrogens with zero attached hydrogens (tertiary/aromatic N) is 1. The second-order valence-electron chi connectivity index (χ2n) is 7.04. The lowest BCUT2D eigenvalue weighted by atomic mass is 9.54. The Hall–Kier alpha value is -0.610. The molecule has 0 saturated heterocycles. The van der Waals surface area contributed by atoms with Gasteiger partial charge in [-0.1, -0.05) is 20.8 Å². The molecule has 2 aliphatic rings. The summed E-state index contributed by atoms with van der Waals surface area (Å²) in [4.78, 5) is 14.9. The van der Waals surface area contributed by atoms with Crippen molar-refractivity contribution in [3.63, 3.8) is 0 Å². The van der Waals surface area contributed by atoms with Crippen LogP contribution in [0.2, 0.25) is 0 Å². The van der Waals surface area contributed by atoms with Gasteiger partial charge in [0.2, 0.25) is 5.91 Å². The quantitative estimate of drug-likeness (QED) is 0.778. The highest BCUT2D eigenvalue weighted by molar-refractivity contribution is 5.89. The third-order valence-electron chi connectivity index (χ3n) is 5.17. The summed E-state index contributed by atoms with van der Waals surface area (Å²) in [5, 5.41) is 0. The average Bonchev–Trinajstić information content (AvgIpc) is 3.21. The fraction of sp³-hybridized carbons (Fsp3) is 0.938. The Morgan fingerprint density at radius 3 is 2.45 bits per heavy atom. The van der Waals surface area contributed by atoms with Crippen molar-refractivity contribution >= 4 is 5.91 Å². The normalized spacial score (nSPS) is 31.8. The highest BCUT2D eigenvalue weighted by atomic mass is 16.5. The molecule has 0 radical (unpaired) electrons. The van der Waals surface area contributed by atoms with Crippen LogP contribution in [0.4, 0.5) is 0 Å². The van der Waals surface area contributed by atoms with Crippen molar-refractivity contribution in [3.05, 3.63) is 0 Å². The summed E-state index contributed by atoms with van der Waals surface area (Å²) >= 11 is 0. The van der Waals surface area contributed by atoms with Crippen LogP contribution in [0.5, 0.6) is 0 Å². The first kappa shape index (κ1) is 15.8. The molecule has 2 atom stereocenters. The van der Waals surface area contributed by atoms with E-state index in [2.05, 4.69) is 20.8 Å². The molecule has 0 aliphatic heterocycles. The minimum atomic E-state index is -0.753. The van der Waals surface area contributed by atoms with Gasteiger partial charge in [-0.15, -0.1) is 0 Å². The lowest BCUT2D eigenvalue weighted by Crippen LogP contribution is -2.76. The van der Waals surface area contributed by atoms with E-state index in [0.717, 1.165) is 19.5 Å². The monoisotopic (exact) mass is 282 g/mol. The lowest BCUT2D eigenvalue weighted by Gasteiger charge is -2.58. The van der Waals surface area contributed by atoms with Crippen LogP contribution >= 0.6 is 0 Å². The number of carbonyl (C=O) groups excluding carboxylic acids is 1. The first-order valence-electron chi connectivity index (χ1n) is 8.06. The number of hydrogen-bond donors (Lipinski definition) is 1. The van der Waals surface area contributed by atoms with Crippen molar-refractivity contribution in [2.24, 2.45) is 17.1 Å². The Morgan fingerprint density at radius 2 is 2.00 bits per heavy atom. The molecule has 0 spiro atoms. The molecule has 0 bridgehead atoms. The molecular formula is C16H30N2O2. The number of amides is 1. The Kier molecular flexibility index (Phi) is 4.45. The van der Waals surface area contributed by atoms with Gasteiger partial charge in [0.15, 0.2) is 0 Å². The molecule has 2 saturated carbocycles. The summed E-state index contributed by atoms with van der Waals surface area (Å²) in [6, 6.07) is 0. The van der Waals surface area contributed by atoms with Crippen molar-refractivity contribution in [1.82, 2.24) is 4.90 Å². The number of carbonyl (C=O) groups is 1. The minimum Gasteiger partial charge on any atom is -0.378 e. The van der Waals surface area contributed by atoms with E-state index in [9.17, 15) is 4.79 Å². The molecule has 4 nitrogen and oxygen atoms in total. The third-order valence-corrected chi connectivity index (χ3v) is 5.17. The highest BCUT2D eigenvalue weighted by Crippen LogP contribution is 2.50. The van der Waals surface area contributed by atoms with Crippen molar-refractivity contribution in [1.29, 1.82) is 0 Å². The smallest absolute Gasteiger partial charge is 0.243 e. The molecule has 20 heavy (non-hydrogen) atoms. The largest absolute Gasteiger partial charge is 0.378 e. The third kappa shape index (κ3) is 2.60. The van der Waals surface area contributed by atoms with E-state index in [1.807, 2.05) is 11.8 Å². The predicted molar refractivity (Wildman–Crippen MR) is 80.3 cm³/mol. The van der Waals surface area contributed by atoms with E-state index < -0.39 is 5.54 Å². The van der Waals surface area contributed by atoms with E-state index >= 15 is 0 Å². The summed E-state index contributed by atoms with van der Waals surface area (Å²) in [5.74, 6) is 0.840. The second-order valence-corrected chi connectivity index (χ2v) is 7.04. The average molecular weight is 282 g/mol. The number of ether oxygens (including phenoxy) is 1. The minimum absolute atomic E-state index is 0.103. The lowest BCUT2D eigenvalue weighted by molar-refractivity contribution is -0.179. The molecule has 2 rings (SSSR count). The van der Waals surface area contributed by atoms with Crippen molar-refractivity contribution < 1.29 is 9.53 Å². The predicted octanol–water partition coefficient (Wildman–Crippen LogP) is 2.17. The first-order chi connectivity index (χ1) is 9.36. The molecular weight excluding hydrogens is 252 g/mol. The highest BCUT2D eigenvalue weighted by Gasteiger charge is 2.63. The SMILES string of the molecule is CCCN(CC1CC1)C(=O)C1(N)CC(OCC)C1(C)C. The molecule has 1 amide bonds. The van der Waals surface area contributed by atoms with Crippen LogP contribution in [0.25, 0.3) is 0 Å². The molecule has 2 aliphatic carbocycles. The molecule has 2 fully saturated rings. The fourth-order valence-corrected chi connectivity index (χ4v) is 3.24. The van der Waals surface area contributed by atoms with Crippen LogP contribution in [0, 0.1) is 11.3 Å². The van der Waals surface area contributed by atoms with Gasteiger partial charge >= 0.3 is 0 Å². The van der Waals surface area contributed by atoms with Gasteiger partial charge in [-0.3, -0.25) is 4.79 Å². The van der Waals surface area contributed by atoms with Gasteiger partial charge in [-0.2, -0.15) is 0 Å². The maximum Gasteiger partial charge on any atom is 0.243 e. The Balaban J connectivity index is 2.05. The zero-order chi connectivity index (χ0) is 15.0. The van der Waals surface area contributed by atoms with Crippen LogP contribution in [-0.4, -0.2) is 42.1 Å². The van der Waals surface area contributed by atoms with Crippen molar-refractivity contribution in [2.75, 3.05) is 19.7 Å². The first-order valence-corrected chi connectivity index (χ1v) is 8.06. The van der Waals surface area contributed by atoms with Gasteiger partial charge < -0.3 is 15.4 Å². The standard InChI is InChI=1S/C16H30N2O2/c1-5-9-18(11-12-7-8-12)14(19)16(17)10-13(20-6-2)15(16,3)4/h12-13H,5-11,17H2,1-4H3. The molecule has 4 heteroatoms. The second kappa shape index (κ2) is 5.64. The molecule has 0 aromatic carbocycles. The fourth-order valence-electron chi connectivity index (χ4n) is 3.24. The van der Waals surface area contributed by atoms with Crippen LogP contribution in [0.1, 0.15) is 53.4 Å². The summed E-state index contributed by atoms with van der Waals surface area (Å²) < 4.78 is 5.72. The van der Waals surface area contributed by atoms with E-state index in [1.54, 1.807) is 0 Å². The number of nitrogens with two attached hydrogens (primary N) is 1. The topological polar surface area (TPSA) is 55.6 Å². The Labute approximate surface area is 123 Å². The maximum atomic E-state index is 12.9. The molecule has 2 N–H and O–H groups in total. The van der Waals surface area contributed by atoms with Crippen LogP contribution in [-0.2, 0) is 9.53 Å². The summed E-state index contributed by atoms with van der Waals surface area (Å²) in [6.07, 6.45) is 4.26. The number of hydrogen-bond acceptors (Lipinski definition) is 3.